The molecule has 0 aliphatic carbocycles. The van der Waals surface area contributed by atoms with Gasteiger partial charge in [-0.3, -0.25) is 0 Å². The summed E-state index contributed by atoms with van der Waals surface area (Å²) in [6.45, 7) is 5.40. The first kappa shape index (κ1) is 15.3. The van der Waals surface area contributed by atoms with E-state index in [0.717, 1.165) is 38.3 Å². The summed E-state index contributed by atoms with van der Waals surface area (Å²) >= 11 is 0. The summed E-state index contributed by atoms with van der Waals surface area (Å²) in [6, 6.07) is 8.24. The predicted molar refractivity (Wildman–Crippen MR) is 90.2 cm³/mol. The molecule has 122 valence electrons. The van der Waals surface area contributed by atoms with Gasteiger partial charge in [-0.25, -0.2) is 10.1 Å². The van der Waals surface area contributed by atoms with Crippen LogP contribution in [0, 0.1) is 0 Å². The number of aromatic nitrogens is 3. The number of hydrogen-bond acceptors (Lipinski definition) is 7. The molecule has 1 fully saturated rings. The molecule has 8 heteroatoms. The smallest absolute Gasteiger partial charge is 0.263 e. The summed E-state index contributed by atoms with van der Waals surface area (Å²) in [7, 11) is 0. The molecule has 1 aromatic carbocycles. The quantitative estimate of drug-likeness (QED) is 0.482. The first-order valence-electron chi connectivity index (χ1n) is 7.69. The molecule has 0 radical (unpaired) electrons. The Hall–Kier alpha value is -2.61. The van der Waals surface area contributed by atoms with Gasteiger partial charge in [0.25, 0.3) is 5.95 Å². The number of hydrogen-bond donors (Lipinski definition) is 2. The monoisotopic (exact) mass is 315 g/mol. The Morgan fingerprint density at radius 2 is 2.00 bits per heavy atom. The number of nitrogens with two attached hydrogens (primary N) is 1. The fourth-order valence-electron chi connectivity index (χ4n) is 2.40. The van der Waals surface area contributed by atoms with Gasteiger partial charge < -0.3 is 15.5 Å². The fourth-order valence-corrected chi connectivity index (χ4v) is 2.40. The average molecular weight is 315 g/mol. The van der Waals surface area contributed by atoms with Crippen molar-refractivity contribution in [2.24, 2.45) is 5.10 Å². The molecule has 3 N–H and O–H groups in total. The van der Waals surface area contributed by atoms with Crippen molar-refractivity contribution in [1.82, 2.24) is 14.9 Å². The average Bonchev–Trinajstić information content (AvgIpc) is 2.96. The minimum absolute atomic E-state index is 0.419. The van der Waals surface area contributed by atoms with Crippen molar-refractivity contribution in [3.63, 3.8) is 0 Å². The molecule has 1 aliphatic heterocycles. The van der Waals surface area contributed by atoms with Gasteiger partial charge in [-0.15, -0.1) is 10.2 Å². The van der Waals surface area contributed by atoms with Crippen molar-refractivity contribution in [3.05, 3.63) is 35.7 Å². The highest BCUT2D eigenvalue weighted by Crippen LogP contribution is 2.16. The van der Waals surface area contributed by atoms with E-state index < -0.39 is 0 Å². The van der Waals surface area contributed by atoms with Crippen molar-refractivity contribution in [3.8, 4) is 0 Å². The predicted octanol–water partition coefficient (Wildman–Crippen LogP) is 0.837. The Morgan fingerprint density at radius 3 is 2.65 bits per heavy atom. The largest absolute Gasteiger partial charge is 0.378 e. The van der Waals surface area contributed by atoms with Crippen LogP contribution in [0.4, 0.5) is 11.6 Å². The van der Waals surface area contributed by atoms with Crippen LogP contribution in [-0.2, 0) is 11.2 Å². The number of nitrogens with one attached hydrogen (secondary N) is 1. The molecule has 1 aromatic heterocycles. The number of anilines is 2. The molecule has 2 heterocycles. The van der Waals surface area contributed by atoms with Crippen molar-refractivity contribution in [2.45, 2.75) is 13.3 Å². The summed E-state index contributed by atoms with van der Waals surface area (Å²) in [4.78, 5) is 2.31. The lowest BCUT2D eigenvalue weighted by Gasteiger charge is -2.28. The third kappa shape index (κ3) is 3.59. The zero-order chi connectivity index (χ0) is 16.1. The van der Waals surface area contributed by atoms with Crippen molar-refractivity contribution in [2.75, 3.05) is 42.5 Å². The third-order valence-corrected chi connectivity index (χ3v) is 3.73. The van der Waals surface area contributed by atoms with Crippen LogP contribution in [0.1, 0.15) is 18.3 Å². The van der Waals surface area contributed by atoms with Gasteiger partial charge in [-0.05, 0) is 17.7 Å². The molecule has 0 unspecified atom stereocenters. The molecule has 23 heavy (non-hydrogen) atoms. The van der Waals surface area contributed by atoms with Crippen LogP contribution in [0.2, 0.25) is 0 Å². The lowest BCUT2D eigenvalue weighted by atomic mass is 10.2. The third-order valence-electron chi connectivity index (χ3n) is 3.73. The lowest BCUT2D eigenvalue weighted by molar-refractivity contribution is 0.122. The fraction of sp³-hybridized carbons (Fsp3) is 0.400. The second kappa shape index (κ2) is 7.10. The number of aryl methyl sites for hydroxylation is 1. The highest BCUT2D eigenvalue weighted by Gasteiger charge is 2.10. The molecule has 1 saturated heterocycles. The van der Waals surface area contributed by atoms with Crippen molar-refractivity contribution >= 4 is 17.9 Å². The zero-order valence-electron chi connectivity index (χ0n) is 13.1. The molecule has 0 spiro atoms. The number of morpholine rings is 1. The lowest BCUT2D eigenvalue weighted by Crippen LogP contribution is -2.36. The molecule has 1 aliphatic rings. The minimum atomic E-state index is 0.419. The van der Waals surface area contributed by atoms with E-state index in [0.29, 0.717) is 11.8 Å². The Morgan fingerprint density at radius 1 is 1.26 bits per heavy atom. The van der Waals surface area contributed by atoms with Crippen LogP contribution in [0.3, 0.4) is 0 Å². The first-order valence-corrected chi connectivity index (χ1v) is 7.69. The van der Waals surface area contributed by atoms with E-state index in [1.807, 2.05) is 19.1 Å². The number of hydrazone groups is 1. The summed E-state index contributed by atoms with van der Waals surface area (Å²) in [6.07, 6.45) is 2.45. The van der Waals surface area contributed by atoms with Gasteiger partial charge >= 0.3 is 0 Å². The van der Waals surface area contributed by atoms with Crippen LogP contribution >= 0.6 is 0 Å². The Labute approximate surface area is 134 Å². The number of benzene rings is 1. The van der Waals surface area contributed by atoms with Gasteiger partial charge in [0.15, 0.2) is 5.82 Å². The van der Waals surface area contributed by atoms with Crippen LogP contribution < -0.4 is 16.2 Å². The SMILES string of the molecule is CCc1nnc(N/N=C/c2ccc(N3CCOCC3)cc2)n1N. The molecule has 2 aromatic rings. The van der Waals surface area contributed by atoms with E-state index in [9.17, 15) is 0 Å². The molecule has 0 bridgehead atoms. The van der Waals surface area contributed by atoms with Crippen LogP contribution in [-0.4, -0.2) is 47.4 Å². The Kier molecular flexibility index (Phi) is 4.72. The molecule has 0 atom stereocenters. The van der Waals surface area contributed by atoms with Crippen molar-refractivity contribution < 1.29 is 4.74 Å². The van der Waals surface area contributed by atoms with Gasteiger partial charge in [0, 0.05) is 25.2 Å². The van der Waals surface area contributed by atoms with E-state index in [2.05, 4.69) is 37.8 Å². The van der Waals surface area contributed by atoms with Gasteiger partial charge in [0.1, 0.15) is 0 Å². The van der Waals surface area contributed by atoms with E-state index in [4.69, 9.17) is 10.6 Å². The maximum atomic E-state index is 5.84. The Bertz CT molecular complexity index is 659. The molecule has 0 amide bonds. The molecule has 3 rings (SSSR count). The second-order valence-corrected chi connectivity index (χ2v) is 5.22. The van der Waals surface area contributed by atoms with Gasteiger partial charge in [0.05, 0.1) is 19.4 Å². The van der Waals surface area contributed by atoms with E-state index >= 15 is 0 Å². The highest BCUT2D eigenvalue weighted by molar-refractivity contribution is 5.80. The topological polar surface area (TPSA) is 93.6 Å². The Balaban J connectivity index is 1.60. The van der Waals surface area contributed by atoms with E-state index in [1.165, 1.54) is 10.4 Å². The number of ether oxygens (including phenoxy) is 1. The molecular weight excluding hydrogens is 294 g/mol. The van der Waals surface area contributed by atoms with E-state index in [1.54, 1.807) is 6.21 Å². The molecule has 0 saturated carbocycles. The van der Waals surface area contributed by atoms with Crippen molar-refractivity contribution in [1.29, 1.82) is 0 Å². The minimum Gasteiger partial charge on any atom is -0.378 e. The molecular formula is C15H21N7O. The number of nitrogen functional groups attached to an aromatic ring is 1. The van der Waals surface area contributed by atoms with Crippen LogP contribution in [0.25, 0.3) is 0 Å². The summed E-state index contributed by atoms with van der Waals surface area (Å²) in [5.74, 6) is 6.96. The number of nitrogens with zero attached hydrogens (tertiary/aromatic N) is 5. The maximum absolute atomic E-state index is 5.84. The van der Waals surface area contributed by atoms with Gasteiger partial charge in [-0.2, -0.15) is 5.10 Å². The van der Waals surface area contributed by atoms with Gasteiger partial charge in [-0.1, -0.05) is 19.1 Å². The molecule has 8 nitrogen and oxygen atoms in total. The van der Waals surface area contributed by atoms with Gasteiger partial charge in [0.2, 0.25) is 0 Å². The summed E-state index contributed by atoms with van der Waals surface area (Å²) in [5, 5.41) is 12.0. The maximum Gasteiger partial charge on any atom is 0.263 e. The normalized spacial score (nSPS) is 15.3. The standard InChI is InChI=1S/C15H21N7O/c1-2-14-18-20-15(22(14)16)19-17-11-12-3-5-13(6-4-12)21-7-9-23-10-8-21/h3-6,11H,2,7-10,16H2,1H3,(H,19,20)/b17-11+. The second-order valence-electron chi connectivity index (χ2n) is 5.22. The van der Waals surface area contributed by atoms with Crippen LogP contribution in [0.5, 0.6) is 0 Å². The highest BCUT2D eigenvalue weighted by atomic mass is 16.5. The zero-order valence-corrected chi connectivity index (χ0v) is 13.1. The van der Waals surface area contributed by atoms with Crippen LogP contribution in [0.15, 0.2) is 29.4 Å². The first-order chi connectivity index (χ1) is 11.3. The number of rotatable bonds is 5. The van der Waals surface area contributed by atoms with E-state index in [-0.39, 0.29) is 0 Å². The summed E-state index contributed by atoms with van der Waals surface area (Å²) < 4.78 is 6.77. The summed E-state index contributed by atoms with van der Waals surface area (Å²) in [5.41, 5.74) is 5.00.